The fraction of sp³-hybridized carbons (Fsp3) is 0.429. The van der Waals surface area contributed by atoms with Crippen molar-refractivity contribution in [2.45, 2.75) is 6.10 Å². The number of nitrogens with zero attached hydrogens (tertiary/aromatic N) is 2. The highest BCUT2D eigenvalue weighted by molar-refractivity contribution is 4.74. The second-order valence-electron chi connectivity index (χ2n) is 1.92. The van der Waals surface area contributed by atoms with Gasteiger partial charge in [-0.3, -0.25) is 0 Å². The Morgan fingerprint density at radius 3 is 1.67 bits per heavy atom. The average Bonchev–Trinajstić information content (AvgIpc) is 2.20. The summed E-state index contributed by atoms with van der Waals surface area (Å²) >= 11 is 0. The maximum Gasteiger partial charge on any atom is 0.115 e. The van der Waals surface area contributed by atoms with Crippen LogP contribution in [0, 0.1) is 0 Å². The van der Waals surface area contributed by atoms with Crippen molar-refractivity contribution in [3.8, 4) is 0 Å². The highest BCUT2D eigenvalue weighted by Crippen LogP contribution is 1.71. The summed E-state index contributed by atoms with van der Waals surface area (Å²) in [4.78, 5) is 7.35. The van der Waals surface area contributed by atoms with Gasteiger partial charge >= 0.3 is 0 Å². The SMILES string of the molecule is OCC(O)CO.c1cncnc1. The predicted molar refractivity (Wildman–Crippen MR) is 42.2 cm³/mol. The standard InChI is InChI=1S/C4H4N2.C3H8O3/c1-2-5-4-6-3-1;4-1-3(6)2-5/h1-4H;3-6H,1-2H2. The molecule has 1 aromatic rings. The Kier molecular flexibility index (Phi) is 7.36. The smallest absolute Gasteiger partial charge is 0.115 e. The molecule has 0 aliphatic carbocycles. The molecule has 1 rings (SSSR count). The van der Waals surface area contributed by atoms with Crippen molar-refractivity contribution in [2.24, 2.45) is 0 Å². The van der Waals surface area contributed by atoms with Gasteiger partial charge in [0.1, 0.15) is 12.4 Å². The summed E-state index contributed by atoms with van der Waals surface area (Å²) in [6.45, 7) is -0.729. The molecular formula is C7H12N2O3. The lowest BCUT2D eigenvalue weighted by Gasteiger charge is -1.96. The molecule has 0 spiro atoms. The third-order valence-corrected chi connectivity index (χ3v) is 0.899. The minimum Gasteiger partial charge on any atom is -0.394 e. The van der Waals surface area contributed by atoms with Crippen LogP contribution >= 0.6 is 0 Å². The Morgan fingerprint density at radius 1 is 1.08 bits per heavy atom. The van der Waals surface area contributed by atoms with Crippen LogP contribution < -0.4 is 0 Å². The molecule has 0 fully saturated rings. The van der Waals surface area contributed by atoms with Crippen molar-refractivity contribution in [2.75, 3.05) is 13.2 Å². The summed E-state index contributed by atoms with van der Waals surface area (Å²) in [6, 6.07) is 1.78. The molecule has 0 aliphatic heterocycles. The summed E-state index contributed by atoms with van der Waals surface area (Å²) in [6.07, 6.45) is 3.92. The number of aliphatic hydroxyl groups is 3. The minimum atomic E-state index is -0.954. The first-order valence-electron chi connectivity index (χ1n) is 3.41. The van der Waals surface area contributed by atoms with Crippen LogP contribution in [0.25, 0.3) is 0 Å². The van der Waals surface area contributed by atoms with Gasteiger partial charge in [0.15, 0.2) is 0 Å². The summed E-state index contributed by atoms with van der Waals surface area (Å²) in [5, 5.41) is 24.0. The Labute approximate surface area is 70.4 Å². The van der Waals surface area contributed by atoms with E-state index in [-0.39, 0.29) is 13.2 Å². The molecule has 68 valence electrons. The first kappa shape index (κ1) is 11.0. The lowest BCUT2D eigenvalue weighted by molar-refractivity contribution is 0.0450. The van der Waals surface area contributed by atoms with E-state index in [9.17, 15) is 0 Å². The van der Waals surface area contributed by atoms with Gasteiger partial charge in [0, 0.05) is 12.4 Å². The first-order chi connectivity index (χ1) is 5.81. The molecule has 0 radical (unpaired) electrons. The highest BCUT2D eigenvalue weighted by Gasteiger charge is 1.93. The van der Waals surface area contributed by atoms with Crippen LogP contribution in [0.1, 0.15) is 0 Å². The molecule has 0 aromatic carbocycles. The van der Waals surface area contributed by atoms with Crippen molar-refractivity contribution in [1.29, 1.82) is 0 Å². The summed E-state index contributed by atoms with van der Waals surface area (Å²) in [5.41, 5.74) is 0. The van der Waals surface area contributed by atoms with Gasteiger partial charge < -0.3 is 15.3 Å². The third kappa shape index (κ3) is 7.07. The molecule has 1 heterocycles. The lowest BCUT2D eigenvalue weighted by atomic mass is 10.4. The van der Waals surface area contributed by atoms with Crippen molar-refractivity contribution < 1.29 is 15.3 Å². The van der Waals surface area contributed by atoms with Crippen molar-refractivity contribution >= 4 is 0 Å². The van der Waals surface area contributed by atoms with Crippen LogP contribution in [0.4, 0.5) is 0 Å². The molecule has 5 heteroatoms. The molecule has 0 saturated carbocycles. The molecule has 0 atom stereocenters. The van der Waals surface area contributed by atoms with Crippen LogP contribution in [0.2, 0.25) is 0 Å². The van der Waals surface area contributed by atoms with Crippen LogP contribution in [-0.2, 0) is 0 Å². The van der Waals surface area contributed by atoms with E-state index < -0.39 is 6.10 Å². The predicted octanol–water partition coefficient (Wildman–Crippen LogP) is -1.19. The van der Waals surface area contributed by atoms with E-state index in [0.717, 1.165) is 0 Å². The highest BCUT2D eigenvalue weighted by atomic mass is 16.3. The Morgan fingerprint density at radius 2 is 1.58 bits per heavy atom. The fourth-order valence-electron chi connectivity index (χ4n) is 0.311. The second kappa shape index (κ2) is 8.06. The van der Waals surface area contributed by atoms with Crippen molar-refractivity contribution in [3.05, 3.63) is 24.8 Å². The largest absolute Gasteiger partial charge is 0.394 e. The molecule has 0 amide bonds. The third-order valence-electron chi connectivity index (χ3n) is 0.899. The topological polar surface area (TPSA) is 86.5 Å². The van der Waals surface area contributed by atoms with Gasteiger partial charge in [-0.25, -0.2) is 9.97 Å². The summed E-state index contributed by atoms with van der Waals surface area (Å²) in [7, 11) is 0. The van der Waals surface area contributed by atoms with E-state index in [1.54, 1.807) is 18.5 Å². The lowest BCUT2D eigenvalue weighted by Crippen LogP contribution is -2.15. The van der Waals surface area contributed by atoms with E-state index in [0.29, 0.717) is 0 Å². The summed E-state index contributed by atoms with van der Waals surface area (Å²) < 4.78 is 0. The van der Waals surface area contributed by atoms with Gasteiger partial charge in [0.25, 0.3) is 0 Å². The first-order valence-corrected chi connectivity index (χ1v) is 3.41. The van der Waals surface area contributed by atoms with E-state index in [1.165, 1.54) is 6.33 Å². The molecule has 3 N–H and O–H groups in total. The van der Waals surface area contributed by atoms with Gasteiger partial charge in [-0.2, -0.15) is 0 Å². The average molecular weight is 172 g/mol. The Hall–Kier alpha value is -1.04. The van der Waals surface area contributed by atoms with Crippen LogP contribution in [0.5, 0.6) is 0 Å². The zero-order valence-corrected chi connectivity index (χ0v) is 6.54. The Bertz CT molecular complexity index is 141. The number of hydrogen-bond acceptors (Lipinski definition) is 5. The van der Waals surface area contributed by atoms with E-state index in [2.05, 4.69) is 9.97 Å². The number of rotatable bonds is 2. The molecule has 0 aliphatic rings. The maximum atomic E-state index is 8.17. The molecule has 1 aromatic heterocycles. The number of hydrogen-bond donors (Lipinski definition) is 3. The van der Waals surface area contributed by atoms with Gasteiger partial charge in [0.2, 0.25) is 0 Å². The van der Waals surface area contributed by atoms with E-state index in [4.69, 9.17) is 15.3 Å². The van der Waals surface area contributed by atoms with Crippen LogP contribution in [0.15, 0.2) is 24.8 Å². The molecule has 12 heavy (non-hydrogen) atoms. The van der Waals surface area contributed by atoms with Gasteiger partial charge in [-0.1, -0.05) is 0 Å². The van der Waals surface area contributed by atoms with Crippen LogP contribution in [0.3, 0.4) is 0 Å². The van der Waals surface area contributed by atoms with Crippen molar-refractivity contribution in [1.82, 2.24) is 9.97 Å². The van der Waals surface area contributed by atoms with E-state index >= 15 is 0 Å². The number of aliphatic hydroxyl groups excluding tert-OH is 3. The maximum absolute atomic E-state index is 8.17. The monoisotopic (exact) mass is 172 g/mol. The van der Waals surface area contributed by atoms with E-state index in [1.807, 2.05) is 0 Å². The Balaban J connectivity index is 0.000000202. The van der Waals surface area contributed by atoms with Gasteiger partial charge in [-0.05, 0) is 6.07 Å². The molecule has 0 bridgehead atoms. The fourth-order valence-corrected chi connectivity index (χ4v) is 0.311. The quantitative estimate of drug-likeness (QED) is 0.522. The van der Waals surface area contributed by atoms with Gasteiger partial charge in [-0.15, -0.1) is 0 Å². The zero-order valence-electron chi connectivity index (χ0n) is 6.54. The second-order valence-corrected chi connectivity index (χ2v) is 1.92. The summed E-state index contributed by atoms with van der Waals surface area (Å²) in [5.74, 6) is 0. The normalized spacial score (nSPS) is 9.00. The molecular weight excluding hydrogens is 160 g/mol. The minimum absolute atomic E-state index is 0.365. The van der Waals surface area contributed by atoms with Gasteiger partial charge in [0.05, 0.1) is 13.2 Å². The molecule has 0 unspecified atom stereocenters. The van der Waals surface area contributed by atoms with Crippen LogP contribution in [-0.4, -0.2) is 44.6 Å². The number of aromatic nitrogens is 2. The van der Waals surface area contributed by atoms with Crippen molar-refractivity contribution in [3.63, 3.8) is 0 Å². The molecule has 5 nitrogen and oxygen atoms in total. The zero-order chi connectivity index (χ0) is 9.23. The molecule has 0 saturated heterocycles.